The summed E-state index contributed by atoms with van der Waals surface area (Å²) in [5.41, 5.74) is 2.26. The van der Waals surface area contributed by atoms with Crippen LogP contribution in [0.15, 0.2) is 48.5 Å². The Bertz CT molecular complexity index is 743. The van der Waals surface area contributed by atoms with Crippen molar-refractivity contribution in [2.45, 2.75) is 25.8 Å². The van der Waals surface area contributed by atoms with Gasteiger partial charge < -0.3 is 5.32 Å². The van der Waals surface area contributed by atoms with Gasteiger partial charge in [0.1, 0.15) is 11.9 Å². The number of imide groups is 1. The summed E-state index contributed by atoms with van der Waals surface area (Å²) in [6.07, 6.45) is 0.999. The Morgan fingerprint density at radius 2 is 1.91 bits per heavy atom. The number of hydrogen-bond acceptors (Lipinski definition) is 3. The first kappa shape index (κ1) is 15.2. The van der Waals surface area contributed by atoms with Gasteiger partial charge in [0.15, 0.2) is 0 Å². The van der Waals surface area contributed by atoms with Gasteiger partial charge in [-0.15, -0.1) is 0 Å². The van der Waals surface area contributed by atoms with Crippen molar-refractivity contribution >= 4 is 23.2 Å². The third-order valence-corrected chi connectivity index (χ3v) is 3.92. The Balaban J connectivity index is 1.78. The van der Waals surface area contributed by atoms with Crippen molar-refractivity contribution in [3.8, 4) is 0 Å². The minimum atomic E-state index is -0.627. The molecule has 1 N–H and O–H groups in total. The van der Waals surface area contributed by atoms with Crippen LogP contribution in [0.3, 0.4) is 0 Å². The monoisotopic (exact) mass is 312 g/mol. The molecule has 5 heteroatoms. The van der Waals surface area contributed by atoms with Crippen LogP contribution in [0.4, 0.5) is 15.8 Å². The first-order valence-electron chi connectivity index (χ1n) is 7.56. The molecule has 2 amide bonds. The van der Waals surface area contributed by atoms with E-state index in [1.54, 1.807) is 6.07 Å². The highest BCUT2D eigenvalue weighted by Gasteiger charge is 2.39. The second-order valence-corrected chi connectivity index (χ2v) is 5.50. The second kappa shape index (κ2) is 6.20. The van der Waals surface area contributed by atoms with E-state index in [1.165, 1.54) is 23.8 Å². The summed E-state index contributed by atoms with van der Waals surface area (Å²) in [5, 5.41) is 3.08. The number of carbonyl (C=O) groups excluding carboxylic acids is 2. The van der Waals surface area contributed by atoms with Crippen LogP contribution in [0.5, 0.6) is 0 Å². The van der Waals surface area contributed by atoms with Crippen LogP contribution in [-0.2, 0) is 16.0 Å². The van der Waals surface area contributed by atoms with Crippen molar-refractivity contribution in [3.05, 3.63) is 59.9 Å². The molecule has 0 saturated carbocycles. The van der Waals surface area contributed by atoms with Gasteiger partial charge in [-0.1, -0.05) is 25.1 Å². The highest BCUT2D eigenvalue weighted by Crippen LogP contribution is 2.25. The molecule has 0 spiro atoms. The number of rotatable bonds is 4. The molecule has 0 bridgehead atoms. The Morgan fingerprint density at radius 1 is 1.17 bits per heavy atom. The standard InChI is InChI=1S/C18H17FN2O2/c1-2-12-6-8-14(9-7-12)20-16-11-17(22)21(18(16)23)15-5-3-4-13(19)10-15/h3-10,16,20H,2,11H2,1H3. The van der Waals surface area contributed by atoms with Gasteiger partial charge in [-0.2, -0.15) is 0 Å². The summed E-state index contributed by atoms with van der Waals surface area (Å²) in [6, 6.07) is 12.6. The molecule has 1 atom stereocenters. The molecule has 3 rings (SSSR count). The minimum Gasteiger partial charge on any atom is -0.373 e. The molecule has 1 aliphatic heterocycles. The Kier molecular flexibility index (Phi) is 4.10. The summed E-state index contributed by atoms with van der Waals surface area (Å²) in [5.74, 6) is -1.17. The van der Waals surface area contributed by atoms with Crippen LogP contribution in [-0.4, -0.2) is 17.9 Å². The zero-order valence-corrected chi connectivity index (χ0v) is 12.8. The van der Waals surface area contributed by atoms with E-state index in [4.69, 9.17) is 0 Å². The quantitative estimate of drug-likeness (QED) is 0.882. The van der Waals surface area contributed by atoms with Crippen molar-refractivity contribution in [1.29, 1.82) is 0 Å². The van der Waals surface area contributed by atoms with E-state index in [9.17, 15) is 14.0 Å². The number of aryl methyl sites for hydroxylation is 1. The fraction of sp³-hybridized carbons (Fsp3) is 0.222. The van der Waals surface area contributed by atoms with Crippen molar-refractivity contribution in [3.63, 3.8) is 0 Å². The van der Waals surface area contributed by atoms with Crippen LogP contribution in [0.2, 0.25) is 0 Å². The normalized spacial score (nSPS) is 17.7. The smallest absolute Gasteiger partial charge is 0.256 e. The van der Waals surface area contributed by atoms with Gasteiger partial charge in [-0.25, -0.2) is 9.29 Å². The molecule has 2 aromatic rings. The maximum atomic E-state index is 13.3. The van der Waals surface area contributed by atoms with Crippen molar-refractivity contribution < 1.29 is 14.0 Å². The first-order valence-corrected chi connectivity index (χ1v) is 7.56. The van der Waals surface area contributed by atoms with Crippen LogP contribution in [0.1, 0.15) is 18.9 Å². The molecule has 1 aliphatic rings. The molecule has 1 heterocycles. The Morgan fingerprint density at radius 3 is 2.57 bits per heavy atom. The molecule has 2 aromatic carbocycles. The maximum Gasteiger partial charge on any atom is 0.256 e. The Labute approximate surface area is 133 Å². The highest BCUT2D eigenvalue weighted by atomic mass is 19.1. The largest absolute Gasteiger partial charge is 0.373 e. The lowest BCUT2D eigenvalue weighted by atomic mass is 10.1. The number of halogens is 1. The molecule has 0 radical (unpaired) electrons. The number of anilines is 2. The molecule has 0 aromatic heterocycles. The highest BCUT2D eigenvalue weighted by molar-refractivity contribution is 6.23. The van der Waals surface area contributed by atoms with E-state index in [0.717, 1.165) is 17.0 Å². The van der Waals surface area contributed by atoms with Gasteiger partial charge in [-0.3, -0.25) is 9.59 Å². The molecule has 0 aliphatic carbocycles. The van der Waals surface area contributed by atoms with Gasteiger partial charge in [0, 0.05) is 5.69 Å². The molecular weight excluding hydrogens is 295 g/mol. The maximum absolute atomic E-state index is 13.3. The van der Waals surface area contributed by atoms with Crippen molar-refractivity contribution in [2.75, 3.05) is 10.2 Å². The lowest BCUT2D eigenvalue weighted by Crippen LogP contribution is -2.34. The van der Waals surface area contributed by atoms with E-state index < -0.39 is 11.9 Å². The van der Waals surface area contributed by atoms with Gasteiger partial charge in [0.25, 0.3) is 5.91 Å². The fourth-order valence-corrected chi connectivity index (χ4v) is 2.67. The topological polar surface area (TPSA) is 49.4 Å². The van der Waals surface area contributed by atoms with Crippen molar-refractivity contribution in [2.24, 2.45) is 0 Å². The number of benzene rings is 2. The van der Waals surface area contributed by atoms with Crippen molar-refractivity contribution in [1.82, 2.24) is 0 Å². The van der Waals surface area contributed by atoms with Crippen LogP contribution >= 0.6 is 0 Å². The summed E-state index contributed by atoms with van der Waals surface area (Å²) in [6.45, 7) is 2.07. The summed E-state index contributed by atoms with van der Waals surface area (Å²) >= 11 is 0. The summed E-state index contributed by atoms with van der Waals surface area (Å²) < 4.78 is 13.3. The molecule has 1 fully saturated rings. The third kappa shape index (κ3) is 3.08. The zero-order valence-electron chi connectivity index (χ0n) is 12.8. The van der Waals surface area contributed by atoms with Crippen LogP contribution < -0.4 is 10.2 Å². The summed E-state index contributed by atoms with van der Waals surface area (Å²) in [4.78, 5) is 25.7. The third-order valence-electron chi connectivity index (χ3n) is 3.92. The molecule has 118 valence electrons. The van der Waals surface area contributed by atoms with E-state index in [2.05, 4.69) is 12.2 Å². The summed E-state index contributed by atoms with van der Waals surface area (Å²) in [7, 11) is 0. The predicted octanol–water partition coefficient (Wildman–Crippen LogP) is 3.13. The first-order chi connectivity index (χ1) is 11.1. The fourth-order valence-electron chi connectivity index (χ4n) is 2.67. The van der Waals surface area contributed by atoms with Gasteiger partial charge in [-0.05, 0) is 42.3 Å². The molecule has 4 nitrogen and oxygen atoms in total. The van der Waals surface area contributed by atoms with Crippen LogP contribution in [0, 0.1) is 5.82 Å². The minimum absolute atomic E-state index is 0.0604. The lowest BCUT2D eigenvalue weighted by molar-refractivity contribution is -0.121. The Hall–Kier alpha value is -2.69. The zero-order chi connectivity index (χ0) is 16.4. The number of nitrogens with zero attached hydrogens (tertiary/aromatic N) is 1. The van der Waals surface area contributed by atoms with Crippen LogP contribution in [0.25, 0.3) is 0 Å². The lowest BCUT2D eigenvalue weighted by Gasteiger charge is -2.16. The number of carbonyl (C=O) groups is 2. The second-order valence-electron chi connectivity index (χ2n) is 5.50. The molecule has 1 saturated heterocycles. The number of nitrogens with one attached hydrogen (secondary N) is 1. The SMILES string of the molecule is CCc1ccc(NC2CC(=O)N(c3cccc(F)c3)C2=O)cc1. The van der Waals surface area contributed by atoms with Gasteiger partial charge in [0.05, 0.1) is 12.1 Å². The van der Waals surface area contributed by atoms with E-state index in [1.807, 2.05) is 24.3 Å². The predicted molar refractivity (Wildman–Crippen MR) is 86.7 cm³/mol. The van der Waals surface area contributed by atoms with E-state index in [0.29, 0.717) is 0 Å². The molecule has 1 unspecified atom stereocenters. The van der Waals surface area contributed by atoms with E-state index >= 15 is 0 Å². The average molecular weight is 312 g/mol. The molecular formula is C18H17FN2O2. The number of hydrogen-bond donors (Lipinski definition) is 1. The van der Waals surface area contributed by atoms with Gasteiger partial charge >= 0.3 is 0 Å². The van der Waals surface area contributed by atoms with E-state index in [-0.39, 0.29) is 23.9 Å². The van der Waals surface area contributed by atoms with Gasteiger partial charge in [0.2, 0.25) is 5.91 Å². The average Bonchev–Trinajstić information content (AvgIpc) is 2.82. The molecule has 23 heavy (non-hydrogen) atoms. The number of amides is 2.